The van der Waals surface area contributed by atoms with Gasteiger partial charge >= 0.3 is 0 Å². The quantitative estimate of drug-likeness (QED) is 0.605. The van der Waals surface area contributed by atoms with E-state index >= 15 is 0 Å². The molecule has 2 fully saturated rings. The van der Waals surface area contributed by atoms with Crippen molar-refractivity contribution in [1.82, 2.24) is 0 Å². The second kappa shape index (κ2) is 3.28. The molecule has 0 aromatic carbocycles. The number of rotatable bonds is 4. The van der Waals surface area contributed by atoms with Crippen LogP contribution in [0.15, 0.2) is 12.2 Å². The first-order chi connectivity index (χ1) is 6.24. The molecule has 2 atom stereocenters. The van der Waals surface area contributed by atoms with E-state index in [0.717, 1.165) is 23.8 Å². The molecule has 72 valence electrons. The lowest BCUT2D eigenvalue weighted by molar-refractivity contribution is -0.120. The van der Waals surface area contributed by atoms with Crippen LogP contribution in [-0.2, 0) is 4.79 Å². The molecule has 0 spiro atoms. The summed E-state index contributed by atoms with van der Waals surface area (Å²) in [5, 5.41) is 0. The second-order valence-electron chi connectivity index (χ2n) is 4.53. The molecule has 1 nitrogen and oxygen atoms in total. The van der Waals surface area contributed by atoms with E-state index in [9.17, 15) is 4.79 Å². The lowest BCUT2D eigenvalue weighted by Gasteiger charge is -2.03. The molecule has 2 aliphatic carbocycles. The molecule has 2 saturated carbocycles. The second-order valence-corrected chi connectivity index (χ2v) is 4.53. The first-order valence-electron chi connectivity index (χ1n) is 5.43. The predicted molar refractivity (Wildman–Crippen MR) is 53.4 cm³/mol. The summed E-state index contributed by atoms with van der Waals surface area (Å²) >= 11 is 0. The van der Waals surface area contributed by atoms with E-state index in [1.54, 1.807) is 0 Å². The third kappa shape index (κ3) is 1.56. The molecule has 0 aromatic rings. The summed E-state index contributed by atoms with van der Waals surface area (Å²) < 4.78 is 0. The molecule has 0 amide bonds. The maximum Gasteiger partial charge on any atom is 0.140 e. The fraction of sp³-hybridized carbons (Fsp3) is 0.750. The molecule has 0 aromatic heterocycles. The summed E-state index contributed by atoms with van der Waals surface area (Å²) in [7, 11) is 0. The summed E-state index contributed by atoms with van der Waals surface area (Å²) in [5.74, 6) is 2.47. The van der Waals surface area contributed by atoms with Crippen LogP contribution in [0, 0.1) is 17.8 Å². The molecule has 2 aliphatic rings. The Bertz CT molecular complexity index is 232. The molecule has 0 radical (unpaired) electrons. The van der Waals surface area contributed by atoms with Crippen molar-refractivity contribution >= 4 is 5.78 Å². The van der Waals surface area contributed by atoms with E-state index in [1.165, 1.54) is 19.3 Å². The highest BCUT2D eigenvalue weighted by Gasteiger charge is 2.55. The van der Waals surface area contributed by atoms with Crippen LogP contribution >= 0.6 is 0 Å². The maximum atomic E-state index is 11.7. The molecule has 0 N–H and O–H groups in total. The summed E-state index contributed by atoms with van der Waals surface area (Å²) in [4.78, 5) is 11.7. The molecule has 0 saturated heterocycles. The van der Waals surface area contributed by atoms with Crippen molar-refractivity contribution in [3.8, 4) is 0 Å². The van der Waals surface area contributed by atoms with Gasteiger partial charge in [0.1, 0.15) is 5.78 Å². The zero-order valence-corrected chi connectivity index (χ0v) is 8.38. The van der Waals surface area contributed by atoms with Gasteiger partial charge in [0.2, 0.25) is 0 Å². The minimum Gasteiger partial charge on any atom is -0.299 e. The molecular formula is C12H18O. The fourth-order valence-electron chi connectivity index (χ4n) is 2.79. The fourth-order valence-corrected chi connectivity index (χ4v) is 2.79. The van der Waals surface area contributed by atoms with Gasteiger partial charge in [-0.2, -0.15) is 0 Å². The first kappa shape index (κ1) is 8.98. The molecule has 0 aliphatic heterocycles. The third-order valence-electron chi connectivity index (χ3n) is 3.70. The van der Waals surface area contributed by atoms with Gasteiger partial charge < -0.3 is 0 Å². The Morgan fingerprint density at radius 3 is 2.54 bits per heavy atom. The standard InChI is InChI=1S/C12H18O/c1-3-8(2)7-11(13)12-9-5-4-6-10(9)12/h9-10,12H,2-7H2,1H3. The average molecular weight is 178 g/mol. The van der Waals surface area contributed by atoms with E-state index in [0.29, 0.717) is 18.1 Å². The van der Waals surface area contributed by atoms with E-state index in [1.807, 2.05) is 0 Å². The van der Waals surface area contributed by atoms with Crippen LogP contribution in [-0.4, -0.2) is 5.78 Å². The number of hydrogen-bond acceptors (Lipinski definition) is 1. The van der Waals surface area contributed by atoms with Crippen LogP contribution in [0.5, 0.6) is 0 Å². The van der Waals surface area contributed by atoms with Gasteiger partial charge in [-0.15, -0.1) is 0 Å². The smallest absolute Gasteiger partial charge is 0.140 e. The van der Waals surface area contributed by atoms with E-state index in [-0.39, 0.29) is 0 Å². The Hall–Kier alpha value is -0.590. The topological polar surface area (TPSA) is 17.1 Å². The van der Waals surface area contributed by atoms with Gasteiger partial charge in [0.05, 0.1) is 0 Å². The lowest BCUT2D eigenvalue weighted by Crippen LogP contribution is -2.06. The minimum absolute atomic E-state index is 0.442. The highest BCUT2D eigenvalue weighted by Crippen LogP contribution is 2.58. The van der Waals surface area contributed by atoms with Crippen molar-refractivity contribution in [2.45, 2.75) is 39.0 Å². The van der Waals surface area contributed by atoms with Crippen molar-refractivity contribution in [1.29, 1.82) is 0 Å². The number of hydrogen-bond donors (Lipinski definition) is 0. The Kier molecular flexibility index (Phi) is 2.27. The van der Waals surface area contributed by atoms with E-state index < -0.39 is 0 Å². The molecule has 0 bridgehead atoms. The van der Waals surface area contributed by atoms with Crippen LogP contribution < -0.4 is 0 Å². The third-order valence-corrected chi connectivity index (χ3v) is 3.70. The Morgan fingerprint density at radius 1 is 1.38 bits per heavy atom. The van der Waals surface area contributed by atoms with Crippen molar-refractivity contribution in [3.63, 3.8) is 0 Å². The lowest BCUT2D eigenvalue weighted by atomic mass is 10.0. The van der Waals surface area contributed by atoms with E-state index in [4.69, 9.17) is 0 Å². The average Bonchev–Trinajstić information content (AvgIpc) is 2.61. The normalized spacial score (nSPS) is 35.6. The highest BCUT2D eigenvalue weighted by molar-refractivity contribution is 5.86. The molecule has 2 rings (SSSR count). The number of fused-ring (bicyclic) bond motifs is 1. The largest absolute Gasteiger partial charge is 0.299 e. The molecular weight excluding hydrogens is 160 g/mol. The van der Waals surface area contributed by atoms with Crippen LogP contribution in [0.1, 0.15) is 39.0 Å². The van der Waals surface area contributed by atoms with Gasteiger partial charge in [0.25, 0.3) is 0 Å². The van der Waals surface area contributed by atoms with Gasteiger partial charge in [-0.3, -0.25) is 4.79 Å². The highest BCUT2D eigenvalue weighted by atomic mass is 16.1. The SMILES string of the molecule is C=C(CC)CC(=O)C1C2CCCC21. The molecule has 1 heteroatoms. The van der Waals surface area contributed by atoms with Crippen LogP contribution in [0.3, 0.4) is 0 Å². The van der Waals surface area contributed by atoms with Gasteiger partial charge in [-0.25, -0.2) is 0 Å². The van der Waals surface area contributed by atoms with Gasteiger partial charge in [-0.1, -0.05) is 25.5 Å². The summed E-state index contributed by atoms with van der Waals surface area (Å²) in [5.41, 5.74) is 1.11. The zero-order chi connectivity index (χ0) is 9.42. The van der Waals surface area contributed by atoms with Crippen LogP contribution in [0.25, 0.3) is 0 Å². The van der Waals surface area contributed by atoms with Crippen LogP contribution in [0.2, 0.25) is 0 Å². The predicted octanol–water partition coefficient (Wildman–Crippen LogP) is 2.96. The van der Waals surface area contributed by atoms with Crippen LogP contribution in [0.4, 0.5) is 0 Å². The van der Waals surface area contributed by atoms with Crippen molar-refractivity contribution in [2.24, 2.45) is 17.8 Å². The zero-order valence-electron chi connectivity index (χ0n) is 8.38. The summed E-state index contributed by atoms with van der Waals surface area (Å²) in [6.45, 7) is 5.97. The van der Waals surface area contributed by atoms with Crippen molar-refractivity contribution in [2.75, 3.05) is 0 Å². The van der Waals surface area contributed by atoms with Gasteiger partial charge in [0, 0.05) is 12.3 Å². The van der Waals surface area contributed by atoms with E-state index in [2.05, 4.69) is 13.5 Å². The minimum atomic E-state index is 0.442. The summed E-state index contributed by atoms with van der Waals surface area (Å²) in [6, 6.07) is 0. The monoisotopic (exact) mass is 178 g/mol. The van der Waals surface area contributed by atoms with Crippen molar-refractivity contribution < 1.29 is 4.79 Å². The number of carbonyl (C=O) groups is 1. The summed E-state index contributed by atoms with van der Waals surface area (Å²) in [6.07, 6.45) is 5.56. The molecule has 13 heavy (non-hydrogen) atoms. The Balaban J connectivity index is 1.83. The first-order valence-corrected chi connectivity index (χ1v) is 5.43. The Morgan fingerprint density at radius 2 is 2.00 bits per heavy atom. The van der Waals surface area contributed by atoms with Gasteiger partial charge in [-0.05, 0) is 31.1 Å². The van der Waals surface area contributed by atoms with Gasteiger partial charge in [0.15, 0.2) is 0 Å². The molecule has 2 unspecified atom stereocenters. The number of allylic oxidation sites excluding steroid dienone is 1. The maximum absolute atomic E-state index is 11.7. The molecule has 0 heterocycles. The Labute approximate surface area is 80.2 Å². The number of carbonyl (C=O) groups excluding carboxylic acids is 1. The number of Topliss-reactive ketones (excluding diaryl/α,β-unsaturated/α-hetero) is 1. The number of ketones is 1. The van der Waals surface area contributed by atoms with Crippen molar-refractivity contribution in [3.05, 3.63) is 12.2 Å².